The Balaban J connectivity index is 1.54. The van der Waals surface area contributed by atoms with Crippen molar-refractivity contribution in [1.29, 1.82) is 0 Å². The van der Waals surface area contributed by atoms with Gasteiger partial charge in [-0.3, -0.25) is 9.59 Å². The predicted molar refractivity (Wildman–Crippen MR) is 94.3 cm³/mol. The molecule has 126 valence electrons. The van der Waals surface area contributed by atoms with Crippen LogP contribution in [0.15, 0.2) is 17.6 Å². The Labute approximate surface area is 144 Å². The van der Waals surface area contributed by atoms with Gasteiger partial charge in [-0.15, -0.1) is 11.3 Å². The number of carbonyl (C=O) groups is 2. The van der Waals surface area contributed by atoms with Crippen LogP contribution in [0.1, 0.15) is 30.3 Å². The highest BCUT2D eigenvalue weighted by molar-refractivity contribution is 7.17. The molecule has 3 aliphatic heterocycles. The molecule has 3 fully saturated rings. The van der Waals surface area contributed by atoms with E-state index in [1.54, 1.807) is 12.3 Å². The molecule has 1 atom stereocenters. The quantitative estimate of drug-likeness (QED) is 0.894. The molecule has 2 amide bonds. The van der Waals surface area contributed by atoms with E-state index in [1.165, 1.54) is 18.3 Å². The smallest absolute Gasteiger partial charge is 0.270 e. The number of fused-ring (bicyclic) bond motifs is 4. The Kier molecular flexibility index (Phi) is 3.97. The van der Waals surface area contributed by atoms with Gasteiger partial charge in [-0.25, -0.2) is 4.98 Å². The maximum atomic E-state index is 12.6. The summed E-state index contributed by atoms with van der Waals surface area (Å²) < 4.78 is 0.957. The van der Waals surface area contributed by atoms with Crippen molar-refractivity contribution < 1.29 is 9.59 Å². The highest BCUT2D eigenvalue weighted by atomic mass is 32.1. The SMILES string of the molecule is CC(=O)Nc1csc2cnc(C(=O)NC3CN4CCC3CC4)cc12. The molecule has 0 aliphatic carbocycles. The lowest BCUT2D eigenvalue weighted by Gasteiger charge is -2.44. The van der Waals surface area contributed by atoms with Crippen LogP contribution >= 0.6 is 11.3 Å². The summed E-state index contributed by atoms with van der Waals surface area (Å²) in [6.07, 6.45) is 4.03. The van der Waals surface area contributed by atoms with Crippen LogP contribution in [0, 0.1) is 5.92 Å². The zero-order chi connectivity index (χ0) is 16.7. The number of nitrogens with one attached hydrogen (secondary N) is 2. The number of anilines is 1. The Morgan fingerprint density at radius 2 is 2.12 bits per heavy atom. The minimum atomic E-state index is -0.129. The van der Waals surface area contributed by atoms with Crippen molar-refractivity contribution >= 4 is 38.9 Å². The lowest BCUT2D eigenvalue weighted by molar-refractivity contribution is -0.114. The second kappa shape index (κ2) is 6.14. The minimum Gasteiger partial charge on any atom is -0.346 e. The van der Waals surface area contributed by atoms with Gasteiger partial charge in [0.05, 0.1) is 10.4 Å². The van der Waals surface area contributed by atoms with Crippen molar-refractivity contribution in [3.8, 4) is 0 Å². The van der Waals surface area contributed by atoms with Crippen molar-refractivity contribution in [2.24, 2.45) is 5.92 Å². The summed E-state index contributed by atoms with van der Waals surface area (Å²) in [6.45, 7) is 4.71. The first kappa shape index (κ1) is 15.5. The maximum absolute atomic E-state index is 12.6. The van der Waals surface area contributed by atoms with Crippen LogP contribution in [0.4, 0.5) is 5.69 Å². The molecule has 2 N–H and O–H groups in total. The van der Waals surface area contributed by atoms with Gasteiger partial charge in [0, 0.05) is 36.5 Å². The summed E-state index contributed by atoms with van der Waals surface area (Å²) in [7, 11) is 0. The highest BCUT2D eigenvalue weighted by Crippen LogP contribution is 2.31. The number of amides is 2. The van der Waals surface area contributed by atoms with Crippen LogP contribution in [0.2, 0.25) is 0 Å². The zero-order valence-electron chi connectivity index (χ0n) is 13.5. The third-order valence-corrected chi connectivity index (χ3v) is 5.91. The number of aromatic nitrogens is 1. The monoisotopic (exact) mass is 344 g/mol. The molecule has 24 heavy (non-hydrogen) atoms. The number of piperidine rings is 3. The second-order valence-electron chi connectivity index (χ2n) is 6.61. The fraction of sp³-hybridized carbons (Fsp3) is 0.471. The maximum Gasteiger partial charge on any atom is 0.270 e. The standard InChI is InChI=1S/C17H20N4O2S/c1-10(22)19-15-9-24-16-7-18-13(6-12(15)16)17(23)20-14-8-21-4-2-11(14)3-5-21/h6-7,9,11,14H,2-5,8H2,1H3,(H,19,22)(H,20,23). The van der Waals surface area contributed by atoms with Crippen LogP contribution in [-0.2, 0) is 4.79 Å². The van der Waals surface area contributed by atoms with E-state index in [0.717, 1.165) is 48.2 Å². The molecule has 0 spiro atoms. The molecule has 5 rings (SSSR count). The van der Waals surface area contributed by atoms with Crippen LogP contribution in [0.5, 0.6) is 0 Å². The molecule has 3 aliphatic rings. The molecular weight excluding hydrogens is 324 g/mol. The van der Waals surface area contributed by atoms with E-state index in [2.05, 4.69) is 20.5 Å². The third-order valence-electron chi connectivity index (χ3n) is 4.98. The molecule has 5 heterocycles. The summed E-state index contributed by atoms with van der Waals surface area (Å²) in [5.74, 6) is 0.333. The van der Waals surface area contributed by atoms with E-state index in [4.69, 9.17) is 0 Å². The first-order chi connectivity index (χ1) is 11.6. The summed E-state index contributed by atoms with van der Waals surface area (Å²) in [5.41, 5.74) is 1.14. The molecule has 1 unspecified atom stereocenters. The Morgan fingerprint density at radius 1 is 1.33 bits per heavy atom. The number of hydrogen-bond acceptors (Lipinski definition) is 5. The Bertz CT molecular complexity index is 795. The van der Waals surface area contributed by atoms with E-state index < -0.39 is 0 Å². The molecule has 0 radical (unpaired) electrons. The van der Waals surface area contributed by atoms with E-state index in [9.17, 15) is 9.59 Å². The summed E-state index contributed by atoms with van der Waals surface area (Å²) in [4.78, 5) is 30.6. The van der Waals surface area contributed by atoms with E-state index in [0.29, 0.717) is 11.6 Å². The van der Waals surface area contributed by atoms with Crippen molar-refractivity contribution in [3.05, 3.63) is 23.3 Å². The first-order valence-electron chi connectivity index (χ1n) is 8.28. The number of rotatable bonds is 3. The normalized spacial score (nSPS) is 25.6. The summed E-state index contributed by atoms with van der Waals surface area (Å²) >= 11 is 1.51. The van der Waals surface area contributed by atoms with Crippen LogP contribution in [0.3, 0.4) is 0 Å². The second-order valence-corrected chi connectivity index (χ2v) is 7.53. The van der Waals surface area contributed by atoms with Gasteiger partial charge in [-0.05, 0) is 37.9 Å². The topological polar surface area (TPSA) is 74.3 Å². The van der Waals surface area contributed by atoms with Gasteiger partial charge in [-0.1, -0.05) is 0 Å². The molecule has 7 heteroatoms. The average molecular weight is 344 g/mol. The average Bonchev–Trinajstić information content (AvgIpc) is 2.97. The van der Waals surface area contributed by atoms with Gasteiger partial charge in [0.15, 0.2) is 0 Å². The lowest BCUT2D eigenvalue weighted by atomic mass is 9.84. The van der Waals surface area contributed by atoms with Gasteiger partial charge in [-0.2, -0.15) is 0 Å². The van der Waals surface area contributed by atoms with Crippen LogP contribution in [-0.4, -0.2) is 47.4 Å². The lowest BCUT2D eigenvalue weighted by Crippen LogP contribution is -2.57. The molecule has 2 aromatic heterocycles. The van der Waals surface area contributed by atoms with E-state index in [1.807, 2.05) is 5.38 Å². The van der Waals surface area contributed by atoms with Crippen molar-refractivity contribution in [2.75, 3.05) is 25.0 Å². The van der Waals surface area contributed by atoms with E-state index in [-0.39, 0.29) is 17.9 Å². The molecule has 2 bridgehead atoms. The van der Waals surface area contributed by atoms with Crippen molar-refractivity contribution in [2.45, 2.75) is 25.8 Å². The van der Waals surface area contributed by atoms with Crippen LogP contribution < -0.4 is 10.6 Å². The molecule has 0 saturated carbocycles. The van der Waals surface area contributed by atoms with Gasteiger partial charge in [0.25, 0.3) is 5.91 Å². The molecule has 3 saturated heterocycles. The largest absolute Gasteiger partial charge is 0.346 e. The highest BCUT2D eigenvalue weighted by Gasteiger charge is 2.35. The summed E-state index contributed by atoms with van der Waals surface area (Å²) in [5, 5.41) is 8.70. The van der Waals surface area contributed by atoms with Gasteiger partial charge in [0.1, 0.15) is 5.69 Å². The number of hydrogen-bond donors (Lipinski definition) is 2. The number of thiophene rings is 1. The molecule has 0 aromatic carbocycles. The number of pyridine rings is 1. The van der Waals surface area contributed by atoms with Gasteiger partial charge >= 0.3 is 0 Å². The molecule has 6 nitrogen and oxygen atoms in total. The molecule has 2 aromatic rings. The van der Waals surface area contributed by atoms with Gasteiger partial charge in [0.2, 0.25) is 5.91 Å². The fourth-order valence-electron chi connectivity index (χ4n) is 3.71. The van der Waals surface area contributed by atoms with Crippen LogP contribution in [0.25, 0.3) is 10.1 Å². The third kappa shape index (κ3) is 2.89. The van der Waals surface area contributed by atoms with Crippen molar-refractivity contribution in [1.82, 2.24) is 15.2 Å². The summed E-state index contributed by atoms with van der Waals surface area (Å²) in [6, 6.07) is 1.99. The molecular formula is C17H20N4O2S. The number of carbonyl (C=O) groups excluding carboxylic acids is 2. The predicted octanol–water partition coefficient (Wildman–Crippen LogP) is 2.08. The Hall–Kier alpha value is -1.99. The van der Waals surface area contributed by atoms with E-state index >= 15 is 0 Å². The number of nitrogens with zero attached hydrogens (tertiary/aromatic N) is 2. The minimum absolute atomic E-state index is 0.121. The zero-order valence-corrected chi connectivity index (χ0v) is 14.4. The Morgan fingerprint density at radius 3 is 2.79 bits per heavy atom. The first-order valence-corrected chi connectivity index (χ1v) is 9.16. The van der Waals surface area contributed by atoms with Gasteiger partial charge < -0.3 is 15.5 Å². The van der Waals surface area contributed by atoms with Crippen molar-refractivity contribution in [3.63, 3.8) is 0 Å². The fourth-order valence-corrected chi connectivity index (χ4v) is 4.55.